The van der Waals surface area contributed by atoms with E-state index in [2.05, 4.69) is 15.9 Å². The molecule has 1 aliphatic heterocycles. The summed E-state index contributed by atoms with van der Waals surface area (Å²) in [5.41, 5.74) is 6.60. The van der Waals surface area contributed by atoms with Gasteiger partial charge < -0.3 is 15.1 Å². The Bertz CT molecular complexity index is 394. The molecule has 4 nitrogen and oxygen atoms in total. The summed E-state index contributed by atoms with van der Waals surface area (Å²) in [7, 11) is 0. The Kier molecular flexibility index (Phi) is 4.41. The second-order valence-corrected chi connectivity index (χ2v) is 4.64. The molecule has 90 valence electrons. The molecule has 1 aliphatic rings. The Labute approximate surface area is 109 Å². The van der Waals surface area contributed by atoms with Crippen LogP contribution in [-0.2, 0) is 0 Å². The topological polar surface area (TPSA) is 59.5 Å². The molecule has 0 unspecified atom stereocenters. The number of nitrogens with zero attached hydrogens (tertiary/aromatic N) is 1. The van der Waals surface area contributed by atoms with Gasteiger partial charge in [-0.3, -0.25) is 4.79 Å². The Hall–Kier alpha value is -0.520. The van der Waals surface area contributed by atoms with Crippen LogP contribution in [0.1, 0.15) is 22.5 Å². The fourth-order valence-electron chi connectivity index (χ4n) is 1.77. The van der Waals surface area contributed by atoms with Crippen LogP contribution >= 0.6 is 28.3 Å². The van der Waals surface area contributed by atoms with Crippen LogP contribution in [0, 0.1) is 6.92 Å². The van der Waals surface area contributed by atoms with E-state index < -0.39 is 0 Å². The lowest BCUT2D eigenvalue weighted by Crippen LogP contribution is -2.31. The van der Waals surface area contributed by atoms with Crippen molar-refractivity contribution in [1.29, 1.82) is 0 Å². The Morgan fingerprint density at radius 1 is 1.69 bits per heavy atom. The summed E-state index contributed by atoms with van der Waals surface area (Å²) in [5, 5.41) is 0. The number of aryl methyl sites for hydroxylation is 1. The molecule has 1 amide bonds. The van der Waals surface area contributed by atoms with Crippen molar-refractivity contribution in [1.82, 2.24) is 4.90 Å². The van der Waals surface area contributed by atoms with E-state index >= 15 is 0 Å². The normalized spacial score (nSPS) is 19.7. The fraction of sp³-hybridized carbons (Fsp3) is 0.500. The van der Waals surface area contributed by atoms with E-state index in [9.17, 15) is 4.79 Å². The van der Waals surface area contributed by atoms with Crippen molar-refractivity contribution in [3.63, 3.8) is 0 Å². The summed E-state index contributed by atoms with van der Waals surface area (Å²) < 4.78 is 5.90. The molecule has 2 N–H and O–H groups in total. The summed E-state index contributed by atoms with van der Waals surface area (Å²) in [5.74, 6) is 0.349. The summed E-state index contributed by atoms with van der Waals surface area (Å²) in [6, 6.07) is 1.90. The molecule has 1 aromatic rings. The highest BCUT2D eigenvalue weighted by atomic mass is 79.9. The smallest absolute Gasteiger partial charge is 0.289 e. The van der Waals surface area contributed by atoms with Crippen molar-refractivity contribution >= 4 is 34.2 Å². The molecule has 16 heavy (non-hydrogen) atoms. The van der Waals surface area contributed by atoms with Crippen LogP contribution in [0.15, 0.2) is 15.2 Å². The van der Waals surface area contributed by atoms with Gasteiger partial charge in [0.05, 0.1) is 0 Å². The molecule has 1 saturated heterocycles. The van der Waals surface area contributed by atoms with E-state index in [1.54, 1.807) is 11.0 Å². The number of nitrogens with two attached hydrogens (primary N) is 1. The summed E-state index contributed by atoms with van der Waals surface area (Å²) in [6.07, 6.45) is 0.868. The van der Waals surface area contributed by atoms with Crippen LogP contribution in [0.5, 0.6) is 0 Å². The largest absolute Gasteiger partial charge is 0.444 e. The van der Waals surface area contributed by atoms with Gasteiger partial charge in [0, 0.05) is 24.7 Å². The molecular weight excluding hydrogens is 295 g/mol. The van der Waals surface area contributed by atoms with Crippen LogP contribution in [0.3, 0.4) is 0 Å². The maximum Gasteiger partial charge on any atom is 0.289 e. The molecule has 1 aromatic heterocycles. The number of furan rings is 1. The van der Waals surface area contributed by atoms with Gasteiger partial charge in [-0.15, -0.1) is 12.4 Å². The van der Waals surface area contributed by atoms with Gasteiger partial charge in [-0.05, 0) is 35.3 Å². The Balaban J connectivity index is 0.00000128. The molecule has 6 heteroatoms. The van der Waals surface area contributed by atoms with Crippen molar-refractivity contribution in [3.8, 4) is 0 Å². The molecule has 0 saturated carbocycles. The lowest BCUT2D eigenvalue weighted by atomic mass is 10.2. The molecule has 1 atom stereocenters. The Morgan fingerprint density at radius 3 is 2.81 bits per heavy atom. The highest BCUT2D eigenvalue weighted by Crippen LogP contribution is 2.22. The minimum absolute atomic E-state index is 0. The summed E-state index contributed by atoms with van der Waals surface area (Å²) in [4.78, 5) is 13.7. The molecule has 0 radical (unpaired) electrons. The first-order valence-electron chi connectivity index (χ1n) is 4.88. The average Bonchev–Trinajstić information content (AvgIpc) is 2.71. The van der Waals surface area contributed by atoms with E-state index in [1.165, 1.54) is 0 Å². The molecular formula is C10H14BrClN2O2. The van der Waals surface area contributed by atoms with E-state index in [-0.39, 0.29) is 24.4 Å². The first-order chi connectivity index (χ1) is 7.08. The maximum atomic E-state index is 12.0. The van der Waals surface area contributed by atoms with E-state index in [4.69, 9.17) is 10.2 Å². The fourth-order valence-corrected chi connectivity index (χ4v) is 2.28. The van der Waals surface area contributed by atoms with Gasteiger partial charge in [-0.25, -0.2) is 0 Å². The number of rotatable bonds is 1. The second kappa shape index (κ2) is 5.21. The molecule has 2 rings (SSSR count). The lowest BCUT2D eigenvalue weighted by molar-refractivity contribution is 0.0757. The third-order valence-electron chi connectivity index (χ3n) is 2.59. The molecule has 0 aromatic carbocycles. The standard InChI is InChI=1S/C10H13BrN2O2.ClH/c1-6-4-8(11)15-9(6)10(14)13-3-2-7(12)5-13;/h4,7H,2-3,5,12H2,1H3;1H/t7-;/m1./s1. The SMILES string of the molecule is Cc1cc(Br)oc1C(=O)N1CC[C@@H](N)C1.Cl. The van der Waals surface area contributed by atoms with Gasteiger partial charge in [0.1, 0.15) is 0 Å². The van der Waals surface area contributed by atoms with Crippen molar-refractivity contribution in [2.24, 2.45) is 5.73 Å². The zero-order chi connectivity index (χ0) is 11.0. The van der Waals surface area contributed by atoms with Crippen LogP contribution < -0.4 is 5.73 Å². The van der Waals surface area contributed by atoms with Gasteiger partial charge in [-0.2, -0.15) is 0 Å². The number of carbonyl (C=O) groups is 1. The van der Waals surface area contributed by atoms with Crippen LogP contribution in [0.4, 0.5) is 0 Å². The number of hydrogen-bond acceptors (Lipinski definition) is 3. The first kappa shape index (κ1) is 13.5. The van der Waals surface area contributed by atoms with E-state index in [0.29, 0.717) is 17.0 Å². The summed E-state index contributed by atoms with van der Waals surface area (Å²) in [6.45, 7) is 3.20. The quantitative estimate of drug-likeness (QED) is 0.862. The average molecular weight is 310 g/mol. The molecule has 0 aliphatic carbocycles. The van der Waals surface area contributed by atoms with Crippen molar-refractivity contribution in [3.05, 3.63) is 22.1 Å². The maximum absolute atomic E-state index is 12.0. The Morgan fingerprint density at radius 2 is 2.38 bits per heavy atom. The second-order valence-electron chi connectivity index (χ2n) is 3.86. The van der Waals surface area contributed by atoms with Gasteiger partial charge in [-0.1, -0.05) is 0 Å². The number of amides is 1. The molecule has 1 fully saturated rings. The van der Waals surface area contributed by atoms with Crippen LogP contribution in [0.25, 0.3) is 0 Å². The van der Waals surface area contributed by atoms with Crippen molar-refractivity contribution < 1.29 is 9.21 Å². The number of halogens is 2. The minimum atomic E-state index is -0.0637. The lowest BCUT2D eigenvalue weighted by Gasteiger charge is -2.14. The third kappa shape index (κ3) is 2.59. The molecule has 2 heterocycles. The zero-order valence-corrected chi connectivity index (χ0v) is 11.3. The van der Waals surface area contributed by atoms with Crippen molar-refractivity contribution in [2.75, 3.05) is 13.1 Å². The van der Waals surface area contributed by atoms with Gasteiger partial charge in [0.15, 0.2) is 10.4 Å². The monoisotopic (exact) mass is 308 g/mol. The first-order valence-corrected chi connectivity index (χ1v) is 5.68. The molecule has 0 bridgehead atoms. The molecule has 0 spiro atoms. The van der Waals surface area contributed by atoms with E-state index in [0.717, 1.165) is 18.5 Å². The van der Waals surface area contributed by atoms with Gasteiger partial charge in [0.2, 0.25) is 0 Å². The van der Waals surface area contributed by atoms with Crippen LogP contribution in [0.2, 0.25) is 0 Å². The minimum Gasteiger partial charge on any atom is -0.444 e. The number of likely N-dealkylation sites (tertiary alicyclic amines) is 1. The van der Waals surface area contributed by atoms with Gasteiger partial charge >= 0.3 is 0 Å². The zero-order valence-electron chi connectivity index (χ0n) is 8.90. The number of carbonyl (C=O) groups excluding carboxylic acids is 1. The highest BCUT2D eigenvalue weighted by molar-refractivity contribution is 9.10. The third-order valence-corrected chi connectivity index (χ3v) is 2.98. The van der Waals surface area contributed by atoms with Crippen molar-refractivity contribution in [2.45, 2.75) is 19.4 Å². The van der Waals surface area contributed by atoms with Crippen LogP contribution in [-0.4, -0.2) is 29.9 Å². The number of hydrogen-bond donors (Lipinski definition) is 1. The highest BCUT2D eigenvalue weighted by Gasteiger charge is 2.27. The summed E-state index contributed by atoms with van der Waals surface area (Å²) >= 11 is 3.21. The predicted octanol–water partition coefficient (Wildman–Crippen LogP) is 1.95. The predicted molar refractivity (Wildman–Crippen MR) is 66.9 cm³/mol. The van der Waals surface area contributed by atoms with E-state index in [1.807, 2.05) is 6.92 Å². The van der Waals surface area contributed by atoms with Gasteiger partial charge in [0.25, 0.3) is 5.91 Å².